The number of nitrogens with one attached hydrogen (secondary N) is 1. The predicted molar refractivity (Wildman–Crippen MR) is 136 cm³/mol. The van der Waals surface area contributed by atoms with Gasteiger partial charge in [0.05, 0.1) is 30.7 Å². The van der Waals surface area contributed by atoms with Crippen LogP contribution in [-0.4, -0.2) is 56.7 Å². The summed E-state index contributed by atoms with van der Waals surface area (Å²) in [4.78, 5) is 24.7. The summed E-state index contributed by atoms with van der Waals surface area (Å²) in [6.07, 6.45) is 3.32. The monoisotopic (exact) mass is 519 g/mol. The molecule has 1 N–H and O–H groups in total. The van der Waals surface area contributed by atoms with Crippen LogP contribution in [0.5, 0.6) is 0 Å². The van der Waals surface area contributed by atoms with Gasteiger partial charge < -0.3 is 14.6 Å². The number of pyridine rings is 1. The number of hydrogen-bond donors (Lipinski definition) is 1. The van der Waals surface area contributed by atoms with Crippen molar-refractivity contribution in [1.29, 1.82) is 0 Å². The van der Waals surface area contributed by atoms with Crippen LogP contribution in [0, 0.1) is 0 Å². The van der Waals surface area contributed by atoms with Crippen molar-refractivity contribution >= 4 is 52.6 Å². The topological polar surface area (TPSA) is 143 Å². The number of anilines is 2. The molecular weight excluding hydrogens is 497 g/mol. The molecule has 37 heavy (non-hydrogen) atoms. The van der Waals surface area contributed by atoms with E-state index in [1.807, 2.05) is 24.3 Å². The SMILES string of the molecule is COC(=O)COP(=O)(OC)c1ccc(Nc2cnc3nnn(Cc4ccc5ncccc5c4)c3n2)cc1. The summed E-state index contributed by atoms with van der Waals surface area (Å²) in [5.74, 6) is -0.181. The first kappa shape index (κ1) is 24.4. The predicted octanol–water partition coefficient (Wildman–Crippen LogP) is 3.22. The van der Waals surface area contributed by atoms with E-state index in [0.717, 1.165) is 16.5 Å². The maximum atomic E-state index is 12.9. The van der Waals surface area contributed by atoms with Gasteiger partial charge in [0, 0.05) is 24.4 Å². The Bertz CT molecular complexity index is 1620. The lowest BCUT2D eigenvalue weighted by Crippen LogP contribution is -2.15. The maximum absolute atomic E-state index is 12.9. The number of hydrogen-bond acceptors (Lipinski definition) is 11. The van der Waals surface area contributed by atoms with E-state index in [0.29, 0.717) is 34.6 Å². The third-order valence-corrected chi connectivity index (χ3v) is 7.38. The minimum atomic E-state index is -3.68. The zero-order valence-electron chi connectivity index (χ0n) is 19.9. The van der Waals surface area contributed by atoms with E-state index in [9.17, 15) is 9.36 Å². The number of fused-ring (bicyclic) bond motifs is 2. The normalized spacial score (nSPS) is 12.9. The molecular formula is C24H22N7O5P. The Morgan fingerprint density at radius 3 is 2.70 bits per heavy atom. The molecule has 0 aliphatic rings. The first-order valence-electron chi connectivity index (χ1n) is 11.1. The van der Waals surface area contributed by atoms with Gasteiger partial charge in [-0.15, -0.1) is 5.10 Å². The van der Waals surface area contributed by atoms with Crippen molar-refractivity contribution in [2.45, 2.75) is 6.54 Å². The zero-order chi connectivity index (χ0) is 25.8. The fourth-order valence-corrected chi connectivity index (χ4v) is 4.88. The average Bonchev–Trinajstić information content (AvgIpc) is 3.33. The van der Waals surface area contributed by atoms with Gasteiger partial charge in [-0.05, 0) is 48.0 Å². The van der Waals surface area contributed by atoms with Crippen molar-refractivity contribution < 1.29 is 23.1 Å². The van der Waals surface area contributed by atoms with Crippen LogP contribution < -0.4 is 10.6 Å². The fraction of sp³-hybridized carbons (Fsp3) is 0.167. The minimum Gasteiger partial charge on any atom is -0.467 e. The van der Waals surface area contributed by atoms with Crippen molar-refractivity contribution in [2.75, 3.05) is 26.1 Å². The summed E-state index contributed by atoms with van der Waals surface area (Å²) in [7, 11) is -1.21. The molecule has 0 amide bonds. The van der Waals surface area contributed by atoms with Crippen LogP contribution in [0.2, 0.25) is 0 Å². The van der Waals surface area contributed by atoms with Crippen molar-refractivity contribution in [2.24, 2.45) is 0 Å². The van der Waals surface area contributed by atoms with Gasteiger partial charge in [0.1, 0.15) is 0 Å². The summed E-state index contributed by atoms with van der Waals surface area (Å²) in [5.41, 5.74) is 3.55. The number of esters is 1. The van der Waals surface area contributed by atoms with Gasteiger partial charge >= 0.3 is 13.6 Å². The van der Waals surface area contributed by atoms with Crippen LogP contribution in [0.3, 0.4) is 0 Å². The third-order valence-electron chi connectivity index (χ3n) is 5.50. The van der Waals surface area contributed by atoms with Gasteiger partial charge in [0.2, 0.25) is 5.65 Å². The summed E-state index contributed by atoms with van der Waals surface area (Å²) in [5, 5.41) is 12.8. The van der Waals surface area contributed by atoms with Gasteiger partial charge in [-0.25, -0.2) is 19.4 Å². The van der Waals surface area contributed by atoms with E-state index in [1.54, 1.807) is 41.3 Å². The number of ether oxygens (including phenoxy) is 1. The molecule has 0 spiro atoms. The Kier molecular flexibility index (Phi) is 6.87. The third kappa shape index (κ3) is 5.31. The van der Waals surface area contributed by atoms with Gasteiger partial charge in [0.25, 0.3) is 0 Å². The molecule has 0 aliphatic heterocycles. The zero-order valence-corrected chi connectivity index (χ0v) is 20.8. The second-order valence-electron chi connectivity index (χ2n) is 7.88. The number of nitrogens with zero attached hydrogens (tertiary/aromatic N) is 6. The highest BCUT2D eigenvalue weighted by Gasteiger charge is 2.27. The van der Waals surface area contributed by atoms with Crippen LogP contribution in [0.25, 0.3) is 22.2 Å². The number of benzene rings is 2. The van der Waals surface area contributed by atoms with E-state index in [2.05, 4.69) is 41.4 Å². The van der Waals surface area contributed by atoms with E-state index in [4.69, 9.17) is 9.05 Å². The fourth-order valence-electron chi connectivity index (χ4n) is 3.62. The molecule has 5 aromatic rings. The van der Waals surface area contributed by atoms with E-state index >= 15 is 0 Å². The summed E-state index contributed by atoms with van der Waals surface area (Å²) >= 11 is 0. The molecule has 3 aromatic heterocycles. The first-order valence-corrected chi connectivity index (χ1v) is 12.7. The Morgan fingerprint density at radius 2 is 1.92 bits per heavy atom. The smallest absolute Gasteiger partial charge is 0.361 e. The molecule has 3 heterocycles. The van der Waals surface area contributed by atoms with E-state index in [-0.39, 0.29) is 0 Å². The lowest BCUT2D eigenvalue weighted by atomic mass is 10.1. The van der Waals surface area contributed by atoms with Crippen molar-refractivity contribution in [3.8, 4) is 0 Å². The number of rotatable bonds is 9. The lowest BCUT2D eigenvalue weighted by Gasteiger charge is -2.16. The number of methoxy groups -OCH3 is 1. The molecule has 5 rings (SSSR count). The van der Waals surface area contributed by atoms with Crippen LogP contribution in [0.1, 0.15) is 5.56 Å². The lowest BCUT2D eigenvalue weighted by molar-refractivity contribution is -0.143. The minimum absolute atomic E-state index is 0.291. The van der Waals surface area contributed by atoms with Crippen LogP contribution in [0.15, 0.2) is 67.0 Å². The molecule has 0 aliphatic carbocycles. The Labute approximate surface area is 211 Å². The number of aromatic nitrogens is 6. The molecule has 0 fully saturated rings. The molecule has 188 valence electrons. The van der Waals surface area contributed by atoms with Crippen LogP contribution >= 0.6 is 7.60 Å². The van der Waals surface area contributed by atoms with Crippen molar-refractivity contribution in [3.63, 3.8) is 0 Å². The summed E-state index contributed by atoms with van der Waals surface area (Å²) in [6.45, 7) is -0.0267. The van der Waals surface area contributed by atoms with Gasteiger partial charge in [-0.3, -0.25) is 14.1 Å². The summed E-state index contributed by atoms with van der Waals surface area (Å²) in [6, 6.07) is 16.5. The van der Waals surface area contributed by atoms with Gasteiger partial charge in [0.15, 0.2) is 18.1 Å². The van der Waals surface area contributed by atoms with Crippen LogP contribution in [0.4, 0.5) is 11.5 Å². The largest absolute Gasteiger partial charge is 0.467 e. The Hall–Kier alpha value is -4.25. The average molecular weight is 519 g/mol. The maximum Gasteiger partial charge on any atom is 0.361 e. The van der Waals surface area contributed by atoms with E-state index in [1.165, 1.54) is 14.2 Å². The van der Waals surface area contributed by atoms with Gasteiger partial charge in [-0.1, -0.05) is 17.3 Å². The van der Waals surface area contributed by atoms with Crippen molar-refractivity contribution in [1.82, 2.24) is 29.9 Å². The standard InChI is InChI=1S/C24H22N7O5P/c1-34-22(32)15-36-37(33,35-2)19-8-6-18(7-9-19)27-21-13-26-23-24(28-21)31(30-29-23)14-16-5-10-20-17(12-16)4-3-11-25-20/h3-13H,14-15H2,1-2H3,(H,27,28). The second-order valence-corrected chi connectivity index (χ2v) is 10.0. The highest BCUT2D eigenvalue weighted by Crippen LogP contribution is 2.46. The van der Waals surface area contributed by atoms with Crippen molar-refractivity contribution in [3.05, 3.63) is 72.6 Å². The second kappa shape index (κ2) is 10.4. The Balaban J connectivity index is 1.33. The molecule has 12 nitrogen and oxygen atoms in total. The van der Waals surface area contributed by atoms with E-state index < -0.39 is 20.2 Å². The Morgan fingerprint density at radius 1 is 1.08 bits per heavy atom. The quantitative estimate of drug-likeness (QED) is 0.226. The molecule has 0 radical (unpaired) electrons. The molecule has 2 aromatic carbocycles. The molecule has 1 atom stereocenters. The number of carbonyl (C=O) groups excluding carboxylic acids is 1. The number of carbonyl (C=O) groups is 1. The molecule has 0 saturated heterocycles. The highest BCUT2D eigenvalue weighted by atomic mass is 31.2. The molecule has 0 bridgehead atoms. The summed E-state index contributed by atoms with van der Waals surface area (Å²) < 4.78 is 29.4. The molecule has 1 unspecified atom stereocenters. The van der Waals surface area contributed by atoms with Crippen LogP contribution in [-0.2, 0) is 29.7 Å². The first-order chi connectivity index (χ1) is 18.0. The highest BCUT2D eigenvalue weighted by molar-refractivity contribution is 7.62. The molecule has 0 saturated carbocycles. The van der Waals surface area contributed by atoms with Gasteiger partial charge in [-0.2, -0.15) is 0 Å². The molecule has 13 heteroatoms.